The van der Waals surface area contributed by atoms with Gasteiger partial charge in [0.25, 0.3) is 0 Å². The largest absolute Gasteiger partial charge is 0.494 e. The highest BCUT2D eigenvalue weighted by Crippen LogP contribution is 2.36. The Balaban J connectivity index is 1.97. The summed E-state index contributed by atoms with van der Waals surface area (Å²) >= 11 is 0. The van der Waals surface area contributed by atoms with Crippen molar-refractivity contribution in [2.24, 2.45) is 0 Å². The molecule has 1 N–H and O–H groups in total. The lowest BCUT2D eigenvalue weighted by Gasteiger charge is -2.32. The maximum Gasteiger partial charge on any atom is 0.494 e. The van der Waals surface area contributed by atoms with Crippen LogP contribution in [0.1, 0.15) is 27.7 Å². The van der Waals surface area contributed by atoms with Crippen molar-refractivity contribution in [3.8, 4) is 11.4 Å². The van der Waals surface area contributed by atoms with Crippen molar-refractivity contribution in [2.75, 3.05) is 0 Å². The van der Waals surface area contributed by atoms with Gasteiger partial charge in [0.2, 0.25) is 0 Å². The van der Waals surface area contributed by atoms with Gasteiger partial charge in [-0.2, -0.15) is 0 Å². The second-order valence-electron chi connectivity index (χ2n) is 6.27. The number of hydrogen-bond donors (Lipinski definition) is 1. The van der Waals surface area contributed by atoms with E-state index < -0.39 is 18.3 Å². The van der Waals surface area contributed by atoms with Crippen LogP contribution in [0.25, 0.3) is 11.4 Å². The summed E-state index contributed by atoms with van der Waals surface area (Å²) in [6, 6.07) is 4.82. The van der Waals surface area contributed by atoms with Gasteiger partial charge in [-0.25, -0.2) is 9.37 Å². The third kappa shape index (κ3) is 2.38. The molecule has 1 aliphatic heterocycles. The monoisotopic (exact) mass is 288 g/mol. The predicted octanol–water partition coefficient (Wildman–Crippen LogP) is 2.52. The SMILES string of the molecule is CC1(C)OB(c2ccc(F)c(-c3ncc[nH]3)c2)OC1(C)C. The quantitative estimate of drug-likeness (QED) is 0.864. The fourth-order valence-corrected chi connectivity index (χ4v) is 2.26. The molecule has 0 aliphatic carbocycles. The van der Waals surface area contributed by atoms with Gasteiger partial charge in [0.1, 0.15) is 11.6 Å². The number of hydrogen-bond acceptors (Lipinski definition) is 3. The molecule has 4 nitrogen and oxygen atoms in total. The van der Waals surface area contributed by atoms with Crippen molar-refractivity contribution in [2.45, 2.75) is 38.9 Å². The second kappa shape index (κ2) is 4.68. The van der Waals surface area contributed by atoms with Crippen LogP contribution < -0.4 is 5.46 Å². The molecule has 3 rings (SSSR count). The van der Waals surface area contributed by atoms with Crippen LogP contribution >= 0.6 is 0 Å². The second-order valence-corrected chi connectivity index (χ2v) is 6.27. The van der Waals surface area contributed by atoms with Crippen molar-refractivity contribution in [1.82, 2.24) is 9.97 Å². The summed E-state index contributed by atoms with van der Waals surface area (Å²) in [6.45, 7) is 7.96. The number of rotatable bonds is 2. The summed E-state index contributed by atoms with van der Waals surface area (Å²) in [6.07, 6.45) is 3.26. The number of halogens is 1. The molecule has 6 heteroatoms. The number of benzene rings is 1. The zero-order valence-electron chi connectivity index (χ0n) is 12.6. The minimum Gasteiger partial charge on any atom is -0.399 e. The lowest BCUT2D eigenvalue weighted by Crippen LogP contribution is -2.41. The zero-order valence-corrected chi connectivity index (χ0v) is 12.6. The molecule has 2 heterocycles. The number of imidazole rings is 1. The molecule has 2 aromatic rings. The first-order chi connectivity index (χ1) is 9.80. The Labute approximate surface area is 123 Å². The smallest absolute Gasteiger partial charge is 0.399 e. The zero-order chi connectivity index (χ0) is 15.3. The molecule has 110 valence electrons. The van der Waals surface area contributed by atoms with Gasteiger partial charge in [-0.15, -0.1) is 0 Å². The lowest BCUT2D eigenvalue weighted by atomic mass is 9.78. The molecular formula is C15H18BFN2O2. The average Bonchev–Trinajstić information content (AvgIpc) is 2.97. The molecule has 1 saturated heterocycles. The third-order valence-electron chi connectivity index (χ3n) is 4.27. The Bertz CT molecular complexity index is 640. The predicted molar refractivity (Wildman–Crippen MR) is 79.7 cm³/mol. The molecule has 1 aromatic heterocycles. The molecular weight excluding hydrogens is 270 g/mol. The summed E-state index contributed by atoms with van der Waals surface area (Å²) < 4.78 is 26.0. The summed E-state index contributed by atoms with van der Waals surface area (Å²) in [4.78, 5) is 7.01. The van der Waals surface area contributed by atoms with E-state index >= 15 is 0 Å². The molecule has 0 spiro atoms. The van der Waals surface area contributed by atoms with E-state index in [1.807, 2.05) is 27.7 Å². The Morgan fingerprint density at radius 1 is 1.14 bits per heavy atom. The van der Waals surface area contributed by atoms with E-state index in [4.69, 9.17) is 9.31 Å². The molecule has 0 unspecified atom stereocenters. The molecule has 0 atom stereocenters. The molecule has 1 aromatic carbocycles. The van der Waals surface area contributed by atoms with Crippen LogP contribution in [0, 0.1) is 5.82 Å². The minimum atomic E-state index is -0.510. The molecule has 1 aliphatic rings. The van der Waals surface area contributed by atoms with Crippen molar-refractivity contribution in [3.05, 3.63) is 36.4 Å². The average molecular weight is 288 g/mol. The normalized spacial score (nSPS) is 20.0. The molecule has 0 radical (unpaired) electrons. The Morgan fingerprint density at radius 2 is 1.81 bits per heavy atom. The number of aromatic nitrogens is 2. The summed E-state index contributed by atoms with van der Waals surface area (Å²) in [5, 5.41) is 0. The van der Waals surface area contributed by atoms with Crippen LogP contribution in [-0.2, 0) is 9.31 Å². The highest BCUT2D eigenvalue weighted by atomic mass is 19.1. The van der Waals surface area contributed by atoms with Crippen LogP contribution in [0.2, 0.25) is 0 Å². The minimum absolute atomic E-state index is 0.329. The fourth-order valence-electron chi connectivity index (χ4n) is 2.26. The van der Waals surface area contributed by atoms with Gasteiger partial charge in [-0.1, -0.05) is 6.07 Å². The maximum atomic E-state index is 14.0. The van der Waals surface area contributed by atoms with E-state index in [9.17, 15) is 4.39 Å². The van der Waals surface area contributed by atoms with E-state index in [2.05, 4.69) is 9.97 Å². The lowest BCUT2D eigenvalue weighted by molar-refractivity contribution is 0.00578. The van der Waals surface area contributed by atoms with Crippen molar-refractivity contribution >= 4 is 12.6 Å². The van der Waals surface area contributed by atoms with Gasteiger partial charge in [-0.05, 0) is 45.3 Å². The third-order valence-corrected chi connectivity index (χ3v) is 4.27. The van der Waals surface area contributed by atoms with Crippen LogP contribution in [0.4, 0.5) is 4.39 Å². The van der Waals surface area contributed by atoms with Crippen molar-refractivity contribution in [1.29, 1.82) is 0 Å². The molecule has 21 heavy (non-hydrogen) atoms. The molecule has 0 amide bonds. The number of H-pyrrole nitrogens is 1. The van der Waals surface area contributed by atoms with Gasteiger partial charge >= 0.3 is 7.12 Å². The topological polar surface area (TPSA) is 47.1 Å². The van der Waals surface area contributed by atoms with Gasteiger partial charge in [0.15, 0.2) is 0 Å². The van der Waals surface area contributed by atoms with E-state index in [-0.39, 0.29) is 5.82 Å². The molecule has 0 saturated carbocycles. The van der Waals surface area contributed by atoms with E-state index in [1.54, 1.807) is 24.5 Å². The number of nitrogens with zero attached hydrogens (tertiary/aromatic N) is 1. The Kier molecular flexibility index (Phi) is 3.18. The van der Waals surface area contributed by atoms with Crippen LogP contribution in [0.5, 0.6) is 0 Å². The number of aromatic amines is 1. The standard InChI is InChI=1S/C15H18BFN2O2/c1-14(2)15(3,4)21-16(20-14)10-5-6-12(17)11(9-10)13-18-7-8-19-13/h5-9H,1-4H3,(H,18,19). The summed E-state index contributed by atoms with van der Waals surface area (Å²) in [7, 11) is -0.510. The Hall–Kier alpha value is -1.66. The van der Waals surface area contributed by atoms with E-state index in [1.165, 1.54) is 6.07 Å². The van der Waals surface area contributed by atoms with Gasteiger partial charge in [0, 0.05) is 12.4 Å². The molecule has 1 fully saturated rings. The Morgan fingerprint density at radius 3 is 2.38 bits per heavy atom. The van der Waals surface area contributed by atoms with Crippen LogP contribution in [0.15, 0.2) is 30.6 Å². The van der Waals surface area contributed by atoms with Gasteiger partial charge in [-0.3, -0.25) is 0 Å². The fraction of sp³-hybridized carbons (Fsp3) is 0.400. The van der Waals surface area contributed by atoms with Crippen molar-refractivity contribution in [3.63, 3.8) is 0 Å². The first-order valence-electron chi connectivity index (χ1n) is 6.95. The first kappa shape index (κ1) is 14.3. The van der Waals surface area contributed by atoms with Gasteiger partial charge < -0.3 is 14.3 Å². The molecule has 0 bridgehead atoms. The maximum absolute atomic E-state index is 14.0. The van der Waals surface area contributed by atoms with Crippen molar-refractivity contribution < 1.29 is 13.7 Å². The first-order valence-corrected chi connectivity index (χ1v) is 6.95. The highest BCUT2D eigenvalue weighted by Gasteiger charge is 2.51. The summed E-state index contributed by atoms with van der Waals surface area (Å²) in [5.74, 6) is 0.163. The number of nitrogens with one attached hydrogen (secondary N) is 1. The highest BCUT2D eigenvalue weighted by molar-refractivity contribution is 6.62. The van der Waals surface area contributed by atoms with Gasteiger partial charge in [0.05, 0.1) is 16.8 Å². The van der Waals surface area contributed by atoms with Crippen LogP contribution in [0.3, 0.4) is 0 Å². The van der Waals surface area contributed by atoms with E-state index in [0.29, 0.717) is 11.4 Å². The summed E-state index contributed by atoms with van der Waals surface area (Å²) in [5.41, 5.74) is 0.349. The van der Waals surface area contributed by atoms with E-state index in [0.717, 1.165) is 5.46 Å². The van der Waals surface area contributed by atoms with Crippen LogP contribution in [-0.4, -0.2) is 28.3 Å².